The van der Waals surface area contributed by atoms with Gasteiger partial charge in [0.25, 0.3) is 5.56 Å². The lowest BCUT2D eigenvalue weighted by Gasteiger charge is -2.15. The predicted molar refractivity (Wildman–Crippen MR) is 116 cm³/mol. The first-order valence-corrected chi connectivity index (χ1v) is 10.2. The highest BCUT2D eigenvalue weighted by molar-refractivity contribution is 5.92. The third-order valence-electron chi connectivity index (χ3n) is 4.69. The maximum Gasteiger partial charge on any atom is 0.266 e. The molecule has 160 valence electrons. The van der Waals surface area contributed by atoms with Crippen molar-refractivity contribution in [3.63, 3.8) is 0 Å². The summed E-state index contributed by atoms with van der Waals surface area (Å²) < 4.78 is 13.1. The minimum absolute atomic E-state index is 0.139. The van der Waals surface area contributed by atoms with E-state index in [1.165, 1.54) is 6.07 Å². The van der Waals surface area contributed by atoms with E-state index in [-0.39, 0.29) is 17.9 Å². The molecule has 0 unspecified atom stereocenters. The van der Waals surface area contributed by atoms with Crippen molar-refractivity contribution in [3.8, 4) is 11.5 Å². The largest absolute Gasteiger partial charge is 0.490 e. The lowest BCUT2D eigenvalue weighted by Crippen LogP contribution is -2.18. The molecule has 0 aliphatic carbocycles. The Morgan fingerprint density at radius 1 is 1.10 bits per heavy atom. The fourth-order valence-electron chi connectivity index (χ4n) is 3.22. The zero-order chi connectivity index (χ0) is 21.7. The topological polar surface area (TPSA) is 97.7 Å². The Bertz CT molecular complexity index is 1100. The van der Waals surface area contributed by atoms with Gasteiger partial charge in [-0.2, -0.15) is 0 Å². The van der Waals surface area contributed by atoms with Gasteiger partial charge in [0.2, 0.25) is 5.91 Å². The first-order valence-electron chi connectivity index (χ1n) is 10.2. The zero-order valence-electron chi connectivity index (χ0n) is 17.9. The maximum atomic E-state index is 12.7. The van der Waals surface area contributed by atoms with E-state index < -0.39 is 0 Å². The van der Waals surface area contributed by atoms with Crippen molar-refractivity contribution in [2.75, 3.05) is 18.5 Å². The van der Waals surface area contributed by atoms with E-state index in [4.69, 9.17) is 9.47 Å². The fraction of sp³-hybridized carbons (Fsp3) is 0.409. The molecule has 8 heteroatoms. The van der Waals surface area contributed by atoms with Gasteiger partial charge in [-0.1, -0.05) is 13.8 Å². The van der Waals surface area contributed by atoms with E-state index in [1.807, 2.05) is 33.8 Å². The Hall–Kier alpha value is -3.29. The number of ether oxygens (including phenoxy) is 2. The van der Waals surface area contributed by atoms with Crippen LogP contribution in [0.15, 0.2) is 29.1 Å². The number of H-pyrrole nitrogens is 1. The number of benzene rings is 1. The van der Waals surface area contributed by atoms with Crippen molar-refractivity contribution in [3.05, 3.63) is 51.6 Å². The molecule has 0 saturated carbocycles. The molecule has 0 saturated heterocycles. The summed E-state index contributed by atoms with van der Waals surface area (Å²) in [5.74, 6) is 1.10. The number of aromatic amines is 1. The number of fused-ring (bicyclic) bond motifs is 1. The molecule has 0 fully saturated rings. The molecule has 3 aromatic rings. The summed E-state index contributed by atoms with van der Waals surface area (Å²) >= 11 is 0. The minimum Gasteiger partial charge on any atom is -0.490 e. The Labute approximate surface area is 175 Å². The van der Waals surface area contributed by atoms with E-state index in [1.54, 1.807) is 16.6 Å². The van der Waals surface area contributed by atoms with E-state index >= 15 is 0 Å². The van der Waals surface area contributed by atoms with Crippen LogP contribution in [0.4, 0.5) is 5.69 Å². The molecule has 0 spiro atoms. The Kier molecular flexibility index (Phi) is 6.76. The van der Waals surface area contributed by atoms with Crippen molar-refractivity contribution in [1.82, 2.24) is 14.6 Å². The molecule has 3 rings (SSSR count). The molecule has 1 aromatic carbocycles. The molecule has 0 aliphatic rings. The van der Waals surface area contributed by atoms with E-state index in [0.717, 1.165) is 29.8 Å². The van der Waals surface area contributed by atoms with Crippen LogP contribution in [0.5, 0.6) is 11.5 Å². The molecular formula is C22H28N4O4. The zero-order valence-corrected chi connectivity index (χ0v) is 17.9. The SMILES string of the molecule is CCCOc1ccc(NC(=O)Cc2c(C)nc3cc(=O)[nH]n3c2C)cc1OCCC. The summed E-state index contributed by atoms with van der Waals surface area (Å²) in [4.78, 5) is 28.7. The van der Waals surface area contributed by atoms with Crippen LogP contribution in [0.25, 0.3) is 5.65 Å². The second kappa shape index (κ2) is 9.47. The monoisotopic (exact) mass is 412 g/mol. The normalized spacial score (nSPS) is 10.9. The van der Waals surface area contributed by atoms with Gasteiger partial charge in [0.05, 0.1) is 19.6 Å². The van der Waals surface area contributed by atoms with Crippen molar-refractivity contribution < 1.29 is 14.3 Å². The van der Waals surface area contributed by atoms with Gasteiger partial charge in [-0.3, -0.25) is 14.7 Å². The van der Waals surface area contributed by atoms with Crippen LogP contribution in [-0.4, -0.2) is 33.7 Å². The molecule has 2 aromatic heterocycles. The number of carbonyl (C=O) groups excluding carboxylic acids is 1. The molecule has 0 aliphatic heterocycles. The van der Waals surface area contributed by atoms with Gasteiger partial charge in [-0.05, 0) is 38.8 Å². The molecular weight excluding hydrogens is 384 g/mol. The number of carbonyl (C=O) groups is 1. The molecule has 0 atom stereocenters. The van der Waals surface area contributed by atoms with Crippen LogP contribution in [0.2, 0.25) is 0 Å². The smallest absolute Gasteiger partial charge is 0.266 e. The summed E-state index contributed by atoms with van der Waals surface area (Å²) in [6.07, 6.45) is 1.91. The number of rotatable bonds is 9. The Morgan fingerprint density at radius 2 is 1.80 bits per heavy atom. The number of amides is 1. The summed E-state index contributed by atoms with van der Waals surface area (Å²) in [7, 11) is 0. The number of nitrogens with one attached hydrogen (secondary N) is 2. The first-order chi connectivity index (χ1) is 14.4. The van der Waals surface area contributed by atoms with Crippen molar-refractivity contribution >= 4 is 17.2 Å². The number of nitrogens with zero attached hydrogens (tertiary/aromatic N) is 2. The van der Waals surface area contributed by atoms with Gasteiger partial charge < -0.3 is 14.8 Å². The Morgan fingerprint density at radius 3 is 2.50 bits per heavy atom. The summed E-state index contributed by atoms with van der Waals surface area (Å²) in [5.41, 5.74) is 3.23. The van der Waals surface area contributed by atoms with Gasteiger partial charge in [0.1, 0.15) is 0 Å². The van der Waals surface area contributed by atoms with Crippen LogP contribution < -0.4 is 20.3 Å². The molecule has 0 radical (unpaired) electrons. The third-order valence-corrected chi connectivity index (χ3v) is 4.69. The van der Waals surface area contributed by atoms with Crippen LogP contribution in [0, 0.1) is 13.8 Å². The summed E-state index contributed by atoms with van der Waals surface area (Å²) in [6.45, 7) is 8.94. The molecule has 2 N–H and O–H groups in total. The standard InChI is InChI=1S/C22H28N4O4/c1-5-9-29-18-8-7-16(11-19(18)30-10-6-2)24-21(27)12-17-14(3)23-20-13-22(28)25-26(20)15(17)4/h7-8,11,13H,5-6,9-10,12H2,1-4H3,(H,24,27)(H,25,28). The molecule has 0 bridgehead atoms. The molecule has 8 nitrogen and oxygen atoms in total. The highest BCUT2D eigenvalue weighted by Gasteiger charge is 2.15. The lowest BCUT2D eigenvalue weighted by molar-refractivity contribution is -0.115. The lowest BCUT2D eigenvalue weighted by atomic mass is 10.1. The predicted octanol–water partition coefficient (Wildman–Crippen LogP) is 3.40. The summed E-state index contributed by atoms with van der Waals surface area (Å²) in [6, 6.07) is 6.82. The average molecular weight is 412 g/mol. The molecule has 1 amide bonds. The maximum absolute atomic E-state index is 12.7. The van der Waals surface area contributed by atoms with Crippen molar-refractivity contribution in [1.29, 1.82) is 0 Å². The Balaban J connectivity index is 1.79. The van der Waals surface area contributed by atoms with E-state index in [9.17, 15) is 9.59 Å². The van der Waals surface area contributed by atoms with E-state index in [2.05, 4.69) is 15.4 Å². The third kappa shape index (κ3) is 4.82. The number of hydrogen-bond donors (Lipinski definition) is 2. The number of anilines is 1. The average Bonchev–Trinajstić information content (AvgIpc) is 3.09. The quantitative estimate of drug-likeness (QED) is 0.561. The molecule has 2 heterocycles. The van der Waals surface area contributed by atoms with Gasteiger partial charge >= 0.3 is 0 Å². The van der Waals surface area contributed by atoms with Crippen LogP contribution in [0.1, 0.15) is 43.6 Å². The molecule has 30 heavy (non-hydrogen) atoms. The van der Waals surface area contributed by atoms with Gasteiger partial charge in [0.15, 0.2) is 17.1 Å². The van der Waals surface area contributed by atoms with Gasteiger partial charge in [0, 0.05) is 34.8 Å². The summed E-state index contributed by atoms with van der Waals surface area (Å²) in [5, 5.41) is 5.62. The van der Waals surface area contributed by atoms with Gasteiger partial charge in [-0.25, -0.2) is 9.50 Å². The minimum atomic E-state index is -0.225. The first kappa shape index (κ1) is 21.4. The van der Waals surface area contributed by atoms with Crippen LogP contribution in [0.3, 0.4) is 0 Å². The van der Waals surface area contributed by atoms with Crippen molar-refractivity contribution in [2.24, 2.45) is 0 Å². The van der Waals surface area contributed by atoms with E-state index in [0.29, 0.717) is 36.0 Å². The highest BCUT2D eigenvalue weighted by Crippen LogP contribution is 2.31. The number of aryl methyl sites for hydroxylation is 2. The highest BCUT2D eigenvalue weighted by atomic mass is 16.5. The second-order valence-corrected chi connectivity index (χ2v) is 7.16. The van der Waals surface area contributed by atoms with Crippen LogP contribution in [-0.2, 0) is 11.2 Å². The fourth-order valence-corrected chi connectivity index (χ4v) is 3.22. The van der Waals surface area contributed by atoms with Crippen LogP contribution >= 0.6 is 0 Å². The number of aromatic nitrogens is 3. The number of hydrogen-bond acceptors (Lipinski definition) is 5. The van der Waals surface area contributed by atoms with Gasteiger partial charge in [-0.15, -0.1) is 0 Å². The van der Waals surface area contributed by atoms with Crippen molar-refractivity contribution in [2.45, 2.75) is 47.0 Å². The second-order valence-electron chi connectivity index (χ2n) is 7.16.